The minimum Gasteiger partial charge on any atom is -0.338 e. The van der Waals surface area contributed by atoms with Gasteiger partial charge in [0.05, 0.1) is 7.11 Å². The lowest BCUT2D eigenvalue weighted by Gasteiger charge is -1.91. The van der Waals surface area contributed by atoms with Crippen LogP contribution in [0.2, 0.25) is 0 Å². The van der Waals surface area contributed by atoms with E-state index in [0.717, 1.165) is 0 Å². The highest BCUT2D eigenvalue weighted by Gasteiger charge is 1.91. The number of nitrogens with one attached hydrogen (secondary N) is 1. The summed E-state index contributed by atoms with van der Waals surface area (Å²) in [6.07, 6.45) is 0. The average Bonchev–Trinajstić information content (AvgIpc) is 1.68. The van der Waals surface area contributed by atoms with Gasteiger partial charge in [-0.15, -0.1) is 0 Å². The van der Waals surface area contributed by atoms with Crippen LogP contribution >= 0.6 is 0 Å². The van der Waals surface area contributed by atoms with Gasteiger partial charge in [0.25, 0.3) is 0 Å². The third-order valence-electron chi connectivity index (χ3n) is 0.388. The van der Waals surface area contributed by atoms with E-state index in [4.69, 9.17) is 0 Å². The summed E-state index contributed by atoms with van der Waals surface area (Å²) in [5, 5.41) is 2.24. The SMILES string of the molecule is CNC(=O)[N]OC. The van der Waals surface area contributed by atoms with Gasteiger partial charge in [-0.3, -0.25) is 4.84 Å². The van der Waals surface area contributed by atoms with Crippen LogP contribution in [-0.4, -0.2) is 20.2 Å². The molecule has 0 unspecified atom stereocenters. The second-order valence-electron chi connectivity index (χ2n) is 0.829. The smallest absolute Gasteiger partial charge is 0.338 e. The average molecular weight is 103 g/mol. The number of rotatable bonds is 1. The van der Waals surface area contributed by atoms with Crippen molar-refractivity contribution >= 4 is 6.03 Å². The molecule has 0 fully saturated rings. The van der Waals surface area contributed by atoms with E-state index in [2.05, 4.69) is 15.6 Å². The summed E-state index contributed by atoms with van der Waals surface area (Å²) in [5.41, 5.74) is 2.99. The van der Waals surface area contributed by atoms with Gasteiger partial charge in [0, 0.05) is 7.05 Å². The van der Waals surface area contributed by atoms with Crippen LogP contribution in [0, 0.1) is 0 Å². The molecule has 0 aromatic rings. The minimum absolute atomic E-state index is 0.470. The largest absolute Gasteiger partial charge is 0.363 e. The standard InChI is InChI=1S/C3H7N2O2/c1-4-3(6)5-7-2/h1-2H3,(H,4,6). The number of amides is 2. The van der Waals surface area contributed by atoms with Gasteiger partial charge >= 0.3 is 6.03 Å². The third-order valence-corrected chi connectivity index (χ3v) is 0.388. The lowest BCUT2D eigenvalue weighted by atomic mass is 11.0. The zero-order valence-corrected chi connectivity index (χ0v) is 4.26. The summed E-state index contributed by atoms with van der Waals surface area (Å²) in [4.78, 5) is 14.1. The summed E-state index contributed by atoms with van der Waals surface area (Å²) in [6.45, 7) is 0. The zero-order valence-electron chi connectivity index (χ0n) is 4.26. The predicted octanol–water partition coefficient (Wildman–Crippen LogP) is -0.508. The van der Waals surface area contributed by atoms with Crippen molar-refractivity contribution in [2.24, 2.45) is 0 Å². The highest BCUT2D eigenvalue weighted by molar-refractivity contribution is 5.71. The van der Waals surface area contributed by atoms with Crippen molar-refractivity contribution < 1.29 is 9.63 Å². The van der Waals surface area contributed by atoms with E-state index in [1.54, 1.807) is 0 Å². The Morgan fingerprint density at radius 3 is 2.57 bits per heavy atom. The highest BCUT2D eigenvalue weighted by Crippen LogP contribution is 1.60. The number of hydroxylamine groups is 1. The fourth-order valence-electron chi connectivity index (χ4n) is 0.129. The molecule has 4 nitrogen and oxygen atoms in total. The van der Waals surface area contributed by atoms with E-state index < -0.39 is 6.03 Å². The first-order valence-corrected chi connectivity index (χ1v) is 1.77. The Balaban J connectivity index is 3.00. The van der Waals surface area contributed by atoms with Crippen molar-refractivity contribution in [3.63, 3.8) is 0 Å². The zero-order chi connectivity index (χ0) is 5.70. The predicted molar refractivity (Wildman–Crippen MR) is 23.6 cm³/mol. The third kappa shape index (κ3) is 3.05. The van der Waals surface area contributed by atoms with Crippen LogP contribution in [0.3, 0.4) is 0 Å². The van der Waals surface area contributed by atoms with Crippen molar-refractivity contribution in [1.29, 1.82) is 0 Å². The lowest BCUT2D eigenvalue weighted by molar-refractivity contribution is 0.101. The van der Waals surface area contributed by atoms with Crippen molar-refractivity contribution in [3.05, 3.63) is 0 Å². The molecule has 41 valence electrons. The van der Waals surface area contributed by atoms with Crippen LogP contribution in [0.1, 0.15) is 0 Å². The van der Waals surface area contributed by atoms with Gasteiger partial charge in [-0.2, -0.15) is 0 Å². The molecule has 0 saturated heterocycles. The van der Waals surface area contributed by atoms with E-state index in [-0.39, 0.29) is 0 Å². The Bertz CT molecular complexity index is 64.0. The molecule has 0 bridgehead atoms. The second-order valence-corrected chi connectivity index (χ2v) is 0.829. The summed E-state index contributed by atoms with van der Waals surface area (Å²) in [5.74, 6) is 0. The molecule has 2 amide bonds. The number of hydrogen-bond acceptors (Lipinski definition) is 2. The van der Waals surface area contributed by atoms with Crippen molar-refractivity contribution in [3.8, 4) is 0 Å². The second kappa shape index (κ2) is 3.42. The number of nitrogens with zero attached hydrogens (tertiary/aromatic N) is 1. The van der Waals surface area contributed by atoms with Crippen molar-refractivity contribution in [1.82, 2.24) is 10.8 Å². The topological polar surface area (TPSA) is 52.4 Å². The fourth-order valence-corrected chi connectivity index (χ4v) is 0.129. The Kier molecular flexibility index (Phi) is 3.04. The molecule has 0 aliphatic rings. The van der Waals surface area contributed by atoms with Gasteiger partial charge in [0.15, 0.2) is 0 Å². The minimum atomic E-state index is -0.470. The van der Waals surface area contributed by atoms with Crippen LogP contribution in [0.5, 0.6) is 0 Å². The van der Waals surface area contributed by atoms with E-state index in [1.165, 1.54) is 14.2 Å². The first-order valence-electron chi connectivity index (χ1n) is 1.77. The fraction of sp³-hybridized carbons (Fsp3) is 0.667. The maximum absolute atomic E-state index is 10.0. The summed E-state index contributed by atoms with van der Waals surface area (Å²) >= 11 is 0. The maximum atomic E-state index is 10.0. The Hall–Kier alpha value is -0.770. The molecule has 0 atom stereocenters. The van der Waals surface area contributed by atoms with Gasteiger partial charge in [-0.25, -0.2) is 4.79 Å². The first kappa shape index (κ1) is 6.23. The number of urea groups is 1. The van der Waals surface area contributed by atoms with E-state index in [0.29, 0.717) is 0 Å². The molecule has 7 heavy (non-hydrogen) atoms. The first-order chi connectivity index (χ1) is 3.31. The van der Waals surface area contributed by atoms with Crippen LogP contribution in [0.4, 0.5) is 4.79 Å². The molecule has 1 radical (unpaired) electrons. The Labute approximate surface area is 41.8 Å². The number of carbonyl (C=O) groups is 1. The molecule has 0 rings (SSSR count). The Morgan fingerprint density at radius 1 is 1.86 bits per heavy atom. The Morgan fingerprint density at radius 2 is 2.43 bits per heavy atom. The van der Waals surface area contributed by atoms with Crippen LogP contribution < -0.4 is 10.8 Å². The molecule has 4 heteroatoms. The van der Waals surface area contributed by atoms with Crippen molar-refractivity contribution in [2.75, 3.05) is 14.2 Å². The van der Waals surface area contributed by atoms with Gasteiger partial charge in [0.2, 0.25) is 0 Å². The molecule has 0 heterocycles. The van der Waals surface area contributed by atoms with E-state index in [9.17, 15) is 4.79 Å². The molecule has 1 N–H and O–H groups in total. The molecule has 0 saturated carbocycles. The van der Waals surface area contributed by atoms with Gasteiger partial charge < -0.3 is 5.32 Å². The van der Waals surface area contributed by atoms with Crippen LogP contribution in [-0.2, 0) is 4.84 Å². The molecular formula is C3H7N2O2. The summed E-state index contributed by atoms with van der Waals surface area (Å²) in [6, 6.07) is -0.470. The lowest BCUT2D eigenvalue weighted by Crippen LogP contribution is -2.25. The molecule has 0 spiro atoms. The molecule has 0 aliphatic carbocycles. The normalized spacial score (nSPS) is 7.71. The van der Waals surface area contributed by atoms with Crippen LogP contribution in [0.25, 0.3) is 0 Å². The highest BCUT2D eigenvalue weighted by atomic mass is 16.6. The summed E-state index contributed by atoms with van der Waals surface area (Å²) < 4.78 is 0. The van der Waals surface area contributed by atoms with Crippen LogP contribution in [0.15, 0.2) is 0 Å². The molecular weight excluding hydrogens is 96.0 g/mol. The molecule has 0 aliphatic heterocycles. The molecule has 0 aromatic carbocycles. The van der Waals surface area contributed by atoms with E-state index >= 15 is 0 Å². The monoisotopic (exact) mass is 103 g/mol. The molecule has 0 aromatic heterocycles. The maximum Gasteiger partial charge on any atom is 0.363 e. The van der Waals surface area contributed by atoms with Gasteiger partial charge in [-0.05, 0) is 0 Å². The summed E-state index contributed by atoms with van der Waals surface area (Å²) in [7, 11) is 2.79. The number of hydrogen-bond donors (Lipinski definition) is 1. The number of carbonyl (C=O) groups excluding carboxylic acids is 1. The van der Waals surface area contributed by atoms with Crippen molar-refractivity contribution in [2.45, 2.75) is 0 Å². The quantitative estimate of drug-likeness (QED) is 0.454. The van der Waals surface area contributed by atoms with E-state index in [1.807, 2.05) is 0 Å². The van der Waals surface area contributed by atoms with Gasteiger partial charge in [-0.1, -0.05) is 5.48 Å². The van der Waals surface area contributed by atoms with Gasteiger partial charge in [0.1, 0.15) is 0 Å².